The molecule has 0 bridgehead atoms. The van der Waals surface area contributed by atoms with Crippen LogP contribution in [-0.2, 0) is 0 Å². The molecule has 25 heavy (non-hydrogen) atoms. The van der Waals surface area contributed by atoms with Gasteiger partial charge in [-0.15, -0.1) is 0 Å². The van der Waals surface area contributed by atoms with Gasteiger partial charge in [-0.3, -0.25) is 9.78 Å². The number of pyridine rings is 1. The number of hydrogen-bond donors (Lipinski definition) is 2. The van der Waals surface area contributed by atoms with Gasteiger partial charge in [0.2, 0.25) is 0 Å². The first kappa shape index (κ1) is 15.5. The lowest BCUT2D eigenvalue weighted by atomic mass is 10.2. The van der Waals surface area contributed by atoms with Crippen molar-refractivity contribution in [3.8, 4) is 11.6 Å². The molecule has 0 unspecified atom stereocenters. The molecule has 4 rings (SSSR count). The molecule has 2 aromatic carbocycles. The maximum absolute atomic E-state index is 12.4. The van der Waals surface area contributed by atoms with Gasteiger partial charge in [0.15, 0.2) is 5.88 Å². The molecule has 0 atom stereocenters. The Hall–Kier alpha value is -2.99. The van der Waals surface area contributed by atoms with Crippen molar-refractivity contribution in [2.24, 2.45) is 0 Å². The number of benzene rings is 2. The normalized spacial score (nSPS) is 11.1. The minimum Gasteiger partial charge on any atom is -0.494 e. The van der Waals surface area contributed by atoms with E-state index in [9.17, 15) is 9.90 Å². The molecule has 0 aliphatic rings. The second-order valence-electron chi connectivity index (χ2n) is 5.71. The lowest BCUT2D eigenvalue weighted by Gasteiger charge is -2.07. The Kier molecular flexibility index (Phi) is 3.82. The van der Waals surface area contributed by atoms with E-state index in [2.05, 4.69) is 10.1 Å². The summed E-state index contributed by atoms with van der Waals surface area (Å²) in [5, 5.41) is 15.4. The predicted molar refractivity (Wildman–Crippen MR) is 98.7 cm³/mol. The first-order chi connectivity index (χ1) is 12.1. The largest absolute Gasteiger partial charge is 0.494 e. The van der Waals surface area contributed by atoms with E-state index in [0.29, 0.717) is 15.9 Å². The van der Waals surface area contributed by atoms with E-state index in [1.807, 2.05) is 61.5 Å². The van der Waals surface area contributed by atoms with Crippen molar-refractivity contribution >= 4 is 22.7 Å². The summed E-state index contributed by atoms with van der Waals surface area (Å²) >= 11 is 1.47. The molecule has 0 fully saturated rings. The van der Waals surface area contributed by atoms with Crippen LogP contribution in [0.5, 0.6) is 5.88 Å². The van der Waals surface area contributed by atoms with E-state index < -0.39 is 0 Å². The summed E-state index contributed by atoms with van der Waals surface area (Å²) in [7, 11) is 0. The van der Waals surface area contributed by atoms with Gasteiger partial charge < -0.3 is 5.11 Å². The van der Waals surface area contributed by atoms with Crippen molar-refractivity contribution in [1.29, 1.82) is 0 Å². The monoisotopic (exact) mass is 349 g/mol. The number of nitrogens with zero attached hydrogens (tertiary/aromatic N) is 2. The molecule has 6 heteroatoms. The summed E-state index contributed by atoms with van der Waals surface area (Å²) in [6.45, 7) is 2.03. The van der Waals surface area contributed by atoms with Crippen LogP contribution in [0.4, 0.5) is 0 Å². The minimum atomic E-state index is -0.355. The number of aromatic hydroxyl groups is 1. The van der Waals surface area contributed by atoms with Crippen LogP contribution < -0.4 is 5.56 Å². The van der Waals surface area contributed by atoms with Gasteiger partial charge in [0.05, 0.1) is 5.69 Å². The van der Waals surface area contributed by atoms with Crippen molar-refractivity contribution in [3.63, 3.8) is 0 Å². The third-order valence-electron chi connectivity index (χ3n) is 3.85. The molecule has 2 N–H and O–H groups in total. The molecular weight excluding hydrogens is 334 g/mol. The molecule has 0 spiro atoms. The predicted octanol–water partition coefficient (Wildman–Crippen LogP) is 3.88. The van der Waals surface area contributed by atoms with Crippen LogP contribution in [-0.4, -0.2) is 19.9 Å². The standard InChI is InChI=1S/C19H15N3O2S/c1-12-7-9-14(10-8-12)25-19-17-15(11-16(23)20-18(17)24)21-22(19)13-5-3-2-4-6-13/h2-11,23H,1H3,(H,20,24). The quantitative estimate of drug-likeness (QED) is 0.589. The van der Waals surface area contributed by atoms with Crippen LogP contribution in [0.15, 0.2) is 75.4 Å². The Morgan fingerprint density at radius 2 is 1.80 bits per heavy atom. The van der Waals surface area contributed by atoms with E-state index in [4.69, 9.17) is 0 Å². The lowest BCUT2D eigenvalue weighted by Crippen LogP contribution is -2.05. The highest BCUT2D eigenvalue weighted by atomic mass is 32.2. The van der Waals surface area contributed by atoms with Gasteiger partial charge in [0.25, 0.3) is 5.56 Å². The van der Waals surface area contributed by atoms with Crippen molar-refractivity contribution in [2.45, 2.75) is 16.8 Å². The lowest BCUT2D eigenvalue weighted by molar-refractivity contribution is 0.453. The third kappa shape index (κ3) is 2.92. The van der Waals surface area contributed by atoms with Gasteiger partial charge in [-0.05, 0) is 31.2 Å². The molecule has 0 aliphatic heterocycles. The molecule has 0 amide bonds. The highest BCUT2D eigenvalue weighted by Crippen LogP contribution is 2.34. The van der Waals surface area contributed by atoms with Crippen LogP contribution >= 0.6 is 11.8 Å². The van der Waals surface area contributed by atoms with Gasteiger partial charge in [0.1, 0.15) is 15.9 Å². The minimum absolute atomic E-state index is 0.193. The molecule has 0 radical (unpaired) electrons. The molecule has 0 saturated carbocycles. The Morgan fingerprint density at radius 1 is 1.08 bits per heavy atom. The Morgan fingerprint density at radius 3 is 2.52 bits per heavy atom. The molecule has 4 aromatic rings. The number of para-hydroxylation sites is 1. The maximum atomic E-state index is 12.4. The van der Waals surface area contributed by atoms with Crippen LogP contribution in [0.1, 0.15) is 5.56 Å². The molecule has 5 nitrogen and oxygen atoms in total. The van der Waals surface area contributed by atoms with Crippen molar-refractivity contribution in [2.75, 3.05) is 0 Å². The number of aromatic amines is 1. The zero-order valence-corrected chi connectivity index (χ0v) is 14.2. The van der Waals surface area contributed by atoms with E-state index in [0.717, 1.165) is 10.6 Å². The number of aromatic nitrogens is 3. The number of hydrogen-bond acceptors (Lipinski definition) is 4. The third-order valence-corrected chi connectivity index (χ3v) is 4.93. The van der Waals surface area contributed by atoms with Crippen molar-refractivity contribution in [1.82, 2.24) is 14.8 Å². The summed E-state index contributed by atoms with van der Waals surface area (Å²) in [6, 6.07) is 19.2. The van der Waals surface area contributed by atoms with Crippen LogP contribution in [0.25, 0.3) is 16.6 Å². The van der Waals surface area contributed by atoms with Gasteiger partial charge in [0, 0.05) is 11.0 Å². The van der Waals surface area contributed by atoms with Crippen molar-refractivity contribution in [3.05, 3.63) is 76.6 Å². The average molecular weight is 349 g/mol. The summed E-state index contributed by atoms with van der Waals surface area (Å²) in [5.74, 6) is -0.193. The number of fused-ring (bicyclic) bond motifs is 1. The van der Waals surface area contributed by atoms with E-state index in [-0.39, 0.29) is 11.4 Å². The maximum Gasteiger partial charge on any atom is 0.263 e. The Balaban J connectivity index is 1.96. The molecular formula is C19H15N3O2S. The van der Waals surface area contributed by atoms with Gasteiger partial charge >= 0.3 is 0 Å². The van der Waals surface area contributed by atoms with Gasteiger partial charge in [-0.2, -0.15) is 5.10 Å². The zero-order chi connectivity index (χ0) is 17.4. The highest BCUT2D eigenvalue weighted by Gasteiger charge is 2.18. The topological polar surface area (TPSA) is 70.9 Å². The summed E-state index contributed by atoms with van der Waals surface area (Å²) < 4.78 is 1.74. The Bertz CT molecular complexity index is 1100. The summed E-state index contributed by atoms with van der Waals surface area (Å²) in [5.41, 5.74) is 2.13. The van der Waals surface area contributed by atoms with Crippen LogP contribution in [0.3, 0.4) is 0 Å². The zero-order valence-electron chi connectivity index (χ0n) is 13.4. The first-order valence-electron chi connectivity index (χ1n) is 7.77. The molecule has 2 aromatic heterocycles. The fourth-order valence-corrected chi connectivity index (χ4v) is 3.66. The molecule has 0 saturated heterocycles. The average Bonchev–Trinajstić information content (AvgIpc) is 2.96. The smallest absolute Gasteiger partial charge is 0.263 e. The summed E-state index contributed by atoms with van der Waals surface area (Å²) in [4.78, 5) is 15.9. The molecule has 0 aliphatic carbocycles. The second kappa shape index (κ2) is 6.14. The first-order valence-corrected chi connectivity index (χ1v) is 8.58. The van der Waals surface area contributed by atoms with E-state index >= 15 is 0 Å². The molecule has 2 heterocycles. The van der Waals surface area contributed by atoms with Crippen molar-refractivity contribution < 1.29 is 5.11 Å². The van der Waals surface area contributed by atoms with Gasteiger partial charge in [-0.25, -0.2) is 4.68 Å². The number of aryl methyl sites for hydroxylation is 1. The second-order valence-corrected chi connectivity index (χ2v) is 6.77. The van der Waals surface area contributed by atoms with Crippen LogP contribution in [0.2, 0.25) is 0 Å². The molecule has 124 valence electrons. The number of H-pyrrole nitrogens is 1. The fraction of sp³-hybridized carbons (Fsp3) is 0.0526. The fourth-order valence-electron chi connectivity index (χ4n) is 2.63. The Labute approximate surface area is 147 Å². The number of rotatable bonds is 3. The SMILES string of the molecule is Cc1ccc(Sc2c3c(=O)[nH]c(O)cc3nn2-c2ccccc2)cc1. The van der Waals surface area contributed by atoms with E-state index in [1.54, 1.807) is 4.68 Å². The number of nitrogens with one attached hydrogen (secondary N) is 1. The van der Waals surface area contributed by atoms with Crippen LogP contribution in [0, 0.1) is 6.92 Å². The highest BCUT2D eigenvalue weighted by molar-refractivity contribution is 7.99. The summed E-state index contributed by atoms with van der Waals surface area (Å²) in [6.07, 6.45) is 0. The van der Waals surface area contributed by atoms with Gasteiger partial charge in [-0.1, -0.05) is 47.7 Å². The van der Waals surface area contributed by atoms with E-state index in [1.165, 1.54) is 23.4 Å².